The summed E-state index contributed by atoms with van der Waals surface area (Å²) in [5.41, 5.74) is 6.17. The highest BCUT2D eigenvalue weighted by molar-refractivity contribution is 5.30. The van der Waals surface area contributed by atoms with Crippen molar-refractivity contribution in [3.63, 3.8) is 0 Å². The minimum atomic E-state index is 0.650. The minimum Gasteiger partial charge on any atom is -0.0654 e. The Labute approximate surface area is 205 Å². The zero-order valence-corrected chi connectivity index (χ0v) is 22.0. The van der Waals surface area contributed by atoms with E-state index < -0.39 is 0 Å². The highest BCUT2D eigenvalue weighted by Crippen LogP contribution is 2.38. The van der Waals surface area contributed by atoms with Crippen LogP contribution in [-0.4, -0.2) is 0 Å². The molecule has 3 rings (SSSR count). The van der Waals surface area contributed by atoms with Gasteiger partial charge in [-0.25, -0.2) is 0 Å². The summed E-state index contributed by atoms with van der Waals surface area (Å²) >= 11 is 0. The van der Waals surface area contributed by atoms with Crippen molar-refractivity contribution >= 4 is 0 Å². The van der Waals surface area contributed by atoms with Crippen LogP contribution < -0.4 is 0 Å². The molecule has 0 nitrogen and oxygen atoms in total. The van der Waals surface area contributed by atoms with Crippen molar-refractivity contribution < 1.29 is 0 Å². The van der Waals surface area contributed by atoms with Crippen molar-refractivity contribution in [3.8, 4) is 0 Å². The summed E-state index contributed by atoms with van der Waals surface area (Å²) in [6.45, 7) is 6.94. The fourth-order valence-electron chi connectivity index (χ4n) is 5.97. The van der Waals surface area contributed by atoms with Crippen LogP contribution >= 0.6 is 0 Å². The second kappa shape index (κ2) is 14.6. The van der Waals surface area contributed by atoms with E-state index in [-0.39, 0.29) is 0 Å². The van der Waals surface area contributed by atoms with Gasteiger partial charge < -0.3 is 0 Å². The van der Waals surface area contributed by atoms with Crippen molar-refractivity contribution in [2.75, 3.05) is 0 Å². The predicted molar refractivity (Wildman–Crippen MR) is 146 cm³/mol. The van der Waals surface area contributed by atoms with E-state index in [2.05, 4.69) is 69.3 Å². The first-order chi connectivity index (χ1) is 16.2. The van der Waals surface area contributed by atoms with Crippen molar-refractivity contribution in [1.82, 2.24) is 0 Å². The van der Waals surface area contributed by atoms with E-state index in [1.165, 1.54) is 107 Å². The van der Waals surface area contributed by atoms with E-state index in [1.807, 2.05) is 0 Å². The summed E-state index contributed by atoms with van der Waals surface area (Å²) in [6, 6.07) is 19.5. The van der Waals surface area contributed by atoms with Crippen molar-refractivity contribution in [2.24, 2.45) is 5.92 Å². The van der Waals surface area contributed by atoms with Gasteiger partial charge >= 0.3 is 0 Å². The van der Waals surface area contributed by atoms with Crippen LogP contribution in [0.15, 0.2) is 48.5 Å². The monoisotopic (exact) mass is 446 g/mol. The van der Waals surface area contributed by atoms with Gasteiger partial charge in [0.2, 0.25) is 0 Å². The number of unbranched alkanes of at least 4 members (excludes halogenated alkanes) is 4. The molecule has 0 saturated heterocycles. The zero-order valence-electron chi connectivity index (χ0n) is 22.0. The Bertz CT molecular complexity index is 746. The van der Waals surface area contributed by atoms with Gasteiger partial charge in [-0.15, -0.1) is 0 Å². The molecule has 33 heavy (non-hydrogen) atoms. The van der Waals surface area contributed by atoms with E-state index in [0.29, 0.717) is 5.92 Å². The van der Waals surface area contributed by atoms with Crippen LogP contribution in [-0.2, 0) is 12.8 Å². The Balaban J connectivity index is 1.60. The van der Waals surface area contributed by atoms with Gasteiger partial charge in [-0.1, -0.05) is 114 Å². The van der Waals surface area contributed by atoms with E-state index in [1.54, 1.807) is 11.1 Å². The van der Waals surface area contributed by atoms with Gasteiger partial charge in [0.25, 0.3) is 0 Å². The van der Waals surface area contributed by atoms with Gasteiger partial charge in [0.1, 0.15) is 0 Å². The quantitative estimate of drug-likeness (QED) is 0.253. The molecule has 0 aromatic heterocycles. The maximum atomic E-state index is 2.46. The van der Waals surface area contributed by atoms with E-state index in [9.17, 15) is 0 Å². The normalized spacial score (nSPS) is 19.5. The highest BCUT2D eigenvalue weighted by atomic mass is 14.3. The molecule has 0 unspecified atom stereocenters. The third kappa shape index (κ3) is 8.62. The molecule has 2 aromatic rings. The van der Waals surface area contributed by atoms with E-state index in [4.69, 9.17) is 0 Å². The predicted octanol–water partition coefficient (Wildman–Crippen LogP) is 10.4. The van der Waals surface area contributed by atoms with Gasteiger partial charge in [0.05, 0.1) is 0 Å². The van der Waals surface area contributed by atoms with Crippen molar-refractivity contribution in [1.29, 1.82) is 0 Å². The number of benzene rings is 2. The molecule has 1 atom stereocenters. The van der Waals surface area contributed by atoms with Crippen LogP contribution in [0.4, 0.5) is 0 Å². The SMILES string of the molecule is CCCCCc1ccc([C@H](CCCCC)Cc2ccc(C3CCC(CCC)CC3)cc2)cc1. The van der Waals surface area contributed by atoms with Crippen LogP contribution in [0.2, 0.25) is 0 Å². The molecular formula is C33H50. The first-order valence-electron chi connectivity index (χ1n) is 14.4. The fourth-order valence-corrected chi connectivity index (χ4v) is 5.97. The summed E-state index contributed by atoms with van der Waals surface area (Å²) in [4.78, 5) is 0. The lowest BCUT2D eigenvalue weighted by molar-refractivity contribution is 0.308. The van der Waals surface area contributed by atoms with Crippen molar-refractivity contribution in [3.05, 3.63) is 70.8 Å². The molecule has 0 amide bonds. The first-order valence-corrected chi connectivity index (χ1v) is 14.4. The lowest BCUT2D eigenvalue weighted by atomic mass is 9.77. The third-order valence-electron chi connectivity index (χ3n) is 8.15. The van der Waals surface area contributed by atoms with Crippen LogP contribution in [0.1, 0.15) is 138 Å². The van der Waals surface area contributed by atoms with Gasteiger partial charge in [-0.05, 0) is 91.4 Å². The number of hydrogen-bond acceptors (Lipinski definition) is 0. The summed E-state index contributed by atoms with van der Waals surface area (Å²) in [6.07, 6.45) is 20.2. The zero-order chi connectivity index (χ0) is 23.3. The largest absolute Gasteiger partial charge is 0.0654 e. The van der Waals surface area contributed by atoms with Gasteiger partial charge in [-0.2, -0.15) is 0 Å². The maximum absolute atomic E-state index is 2.46. The molecule has 2 aromatic carbocycles. The molecule has 0 heterocycles. The van der Waals surface area contributed by atoms with Crippen LogP contribution in [0.5, 0.6) is 0 Å². The maximum Gasteiger partial charge on any atom is -0.0121 e. The Morgan fingerprint density at radius 1 is 0.667 bits per heavy atom. The Morgan fingerprint density at radius 3 is 1.94 bits per heavy atom. The van der Waals surface area contributed by atoms with Crippen LogP contribution in [0.25, 0.3) is 0 Å². The molecule has 1 fully saturated rings. The fraction of sp³-hybridized carbons (Fsp3) is 0.636. The second-order valence-electron chi connectivity index (χ2n) is 10.8. The summed E-state index contributed by atoms with van der Waals surface area (Å²) in [5.74, 6) is 2.44. The number of rotatable bonds is 14. The summed E-state index contributed by atoms with van der Waals surface area (Å²) in [5, 5.41) is 0. The summed E-state index contributed by atoms with van der Waals surface area (Å²) < 4.78 is 0. The highest BCUT2D eigenvalue weighted by Gasteiger charge is 2.22. The molecule has 0 radical (unpaired) electrons. The van der Waals surface area contributed by atoms with Gasteiger partial charge in [0, 0.05) is 0 Å². The third-order valence-corrected chi connectivity index (χ3v) is 8.15. The molecule has 1 aliphatic rings. The smallest absolute Gasteiger partial charge is 0.0121 e. The molecule has 0 aliphatic heterocycles. The molecule has 1 saturated carbocycles. The van der Waals surface area contributed by atoms with Crippen molar-refractivity contribution in [2.45, 2.75) is 129 Å². The average molecular weight is 447 g/mol. The molecule has 1 aliphatic carbocycles. The minimum absolute atomic E-state index is 0.650. The standard InChI is InChI=1S/C33H50/c1-4-7-9-12-28-16-22-32(23-17-28)33(13-10-8-5-2)26-29-18-24-31(25-19-29)30-20-14-27(11-6-3)15-21-30/h16-19,22-25,27,30,33H,4-15,20-21,26H2,1-3H3/t27?,30?,33-/m1/s1. The van der Waals surface area contributed by atoms with Gasteiger partial charge in [0.15, 0.2) is 0 Å². The Morgan fingerprint density at radius 2 is 1.30 bits per heavy atom. The lowest BCUT2D eigenvalue weighted by Gasteiger charge is -2.28. The van der Waals surface area contributed by atoms with Crippen LogP contribution in [0.3, 0.4) is 0 Å². The average Bonchev–Trinajstić information content (AvgIpc) is 2.85. The molecule has 0 bridgehead atoms. The van der Waals surface area contributed by atoms with E-state index in [0.717, 1.165) is 11.8 Å². The molecular weight excluding hydrogens is 396 g/mol. The first kappa shape index (κ1) is 26.1. The molecule has 182 valence electrons. The Kier molecular flexibility index (Phi) is 11.6. The summed E-state index contributed by atoms with van der Waals surface area (Å²) in [7, 11) is 0. The molecule has 0 spiro atoms. The van der Waals surface area contributed by atoms with Gasteiger partial charge in [-0.3, -0.25) is 0 Å². The number of hydrogen-bond donors (Lipinski definition) is 0. The second-order valence-corrected chi connectivity index (χ2v) is 10.8. The lowest BCUT2D eigenvalue weighted by Crippen LogP contribution is -2.13. The number of aryl methyl sites for hydroxylation is 1. The topological polar surface area (TPSA) is 0 Å². The van der Waals surface area contributed by atoms with Crippen LogP contribution in [0, 0.1) is 5.92 Å². The molecule has 0 N–H and O–H groups in total. The molecule has 0 heteroatoms. The van der Waals surface area contributed by atoms with E-state index >= 15 is 0 Å². The Hall–Kier alpha value is -1.56.